The van der Waals surface area contributed by atoms with Gasteiger partial charge < -0.3 is 35.6 Å². The van der Waals surface area contributed by atoms with Gasteiger partial charge in [-0.25, -0.2) is 4.79 Å². The van der Waals surface area contributed by atoms with Gasteiger partial charge in [0.15, 0.2) is 6.10 Å². The number of rotatable bonds is 4. The van der Waals surface area contributed by atoms with Gasteiger partial charge in [-0.3, -0.25) is 4.79 Å². The van der Waals surface area contributed by atoms with Crippen LogP contribution in [0.15, 0.2) is 36.4 Å². The summed E-state index contributed by atoms with van der Waals surface area (Å²) in [5.74, 6) is -2.38. The van der Waals surface area contributed by atoms with Crippen LogP contribution in [-0.4, -0.2) is 63.0 Å². The van der Waals surface area contributed by atoms with Gasteiger partial charge in [0.25, 0.3) is 5.91 Å². The third-order valence-electron chi connectivity index (χ3n) is 4.19. The average Bonchev–Trinajstić information content (AvgIpc) is 2.61. The summed E-state index contributed by atoms with van der Waals surface area (Å²) in [6.07, 6.45) is -8.83. The molecule has 9 nitrogen and oxygen atoms in total. The molecule has 1 saturated heterocycles. The van der Waals surface area contributed by atoms with Crippen LogP contribution in [0.25, 0.3) is 10.8 Å². The van der Waals surface area contributed by atoms with E-state index in [0.29, 0.717) is 5.39 Å². The summed E-state index contributed by atoms with van der Waals surface area (Å²) in [5, 5.41) is 39.9. The number of benzene rings is 2. The van der Waals surface area contributed by atoms with Crippen LogP contribution >= 0.6 is 0 Å². The Labute approximate surface area is 147 Å². The fourth-order valence-corrected chi connectivity index (χ4v) is 2.88. The molecule has 1 aliphatic rings. The van der Waals surface area contributed by atoms with Gasteiger partial charge in [0.05, 0.1) is 5.56 Å². The van der Waals surface area contributed by atoms with Gasteiger partial charge in [-0.2, -0.15) is 0 Å². The van der Waals surface area contributed by atoms with Crippen LogP contribution in [0.2, 0.25) is 0 Å². The first-order valence-electron chi connectivity index (χ1n) is 7.72. The standard InChI is InChI=1S/C17H17NO8/c18-15(22)10-8-4-2-1-3-7(8)5-6-9(10)25-17-13(21)11(19)12(20)14(26-17)16(23)24/h1-6,11-14,17,19-21H,(H2,18,22)(H,23,24)/t11-,12-,13+,14-,17?/m0/s1. The lowest BCUT2D eigenvalue weighted by Gasteiger charge is -2.38. The first-order valence-corrected chi connectivity index (χ1v) is 7.72. The second-order valence-electron chi connectivity index (χ2n) is 5.88. The Balaban J connectivity index is 1.98. The summed E-state index contributed by atoms with van der Waals surface area (Å²) in [4.78, 5) is 23.1. The van der Waals surface area contributed by atoms with Gasteiger partial charge >= 0.3 is 5.97 Å². The monoisotopic (exact) mass is 363 g/mol. The third-order valence-corrected chi connectivity index (χ3v) is 4.19. The number of aliphatic hydroxyl groups is 3. The van der Waals surface area contributed by atoms with Gasteiger partial charge in [0.1, 0.15) is 24.1 Å². The number of carboxylic acid groups (broad SMARTS) is 1. The van der Waals surface area contributed by atoms with Crippen LogP contribution in [-0.2, 0) is 9.53 Å². The highest BCUT2D eigenvalue weighted by atomic mass is 16.7. The Morgan fingerprint density at radius 1 is 1.00 bits per heavy atom. The van der Waals surface area contributed by atoms with Crippen LogP contribution in [0.3, 0.4) is 0 Å². The number of aliphatic hydroxyl groups excluding tert-OH is 3. The molecule has 6 N–H and O–H groups in total. The van der Waals surface area contributed by atoms with E-state index in [9.17, 15) is 24.9 Å². The maximum absolute atomic E-state index is 11.9. The van der Waals surface area contributed by atoms with Gasteiger partial charge in [-0.1, -0.05) is 30.3 Å². The Morgan fingerprint density at radius 2 is 1.69 bits per heavy atom. The van der Waals surface area contributed by atoms with Crippen LogP contribution < -0.4 is 10.5 Å². The highest BCUT2D eigenvalue weighted by molar-refractivity contribution is 6.08. The molecule has 138 valence electrons. The van der Waals surface area contributed by atoms with Crippen LogP contribution in [0, 0.1) is 0 Å². The van der Waals surface area contributed by atoms with E-state index in [1.165, 1.54) is 6.07 Å². The van der Waals surface area contributed by atoms with Crippen molar-refractivity contribution in [2.75, 3.05) is 0 Å². The normalized spacial score (nSPS) is 28.7. The molecule has 3 rings (SSSR count). The highest BCUT2D eigenvalue weighted by Gasteiger charge is 2.48. The third kappa shape index (κ3) is 3.08. The number of carboxylic acids is 1. The van der Waals surface area contributed by atoms with Crippen molar-refractivity contribution in [3.63, 3.8) is 0 Å². The minimum atomic E-state index is -1.84. The van der Waals surface area contributed by atoms with E-state index in [4.69, 9.17) is 20.3 Å². The lowest BCUT2D eigenvalue weighted by atomic mass is 9.98. The smallest absolute Gasteiger partial charge is 0.335 e. The molecule has 0 bridgehead atoms. The highest BCUT2D eigenvalue weighted by Crippen LogP contribution is 2.31. The average molecular weight is 363 g/mol. The molecule has 1 amide bonds. The van der Waals surface area contributed by atoms with Crippen LogP contribution in [0.4, 0.5) is 0 Å². The number of carbonyl (C=O) groups excluding carboxylic acids is 1. The van der Waals surface area contributed by atoms with Crippen molar-refractivity contribution < 1.29 is 39.5 Å². The molecule has 1 aliphatic heterocycles. The summed E-state index contributed by atoms with van der Waals surface area (Å²) in [6.45, 7) is 0. The first-order chi connectivity index (χ1) is 12.3. The van der Waals surface area contributed by atoms with E-state index in [-0.39, 0.29) is 11.3 Å². The summed E-state index contributed by atoms with van der Waals surface area (Å²) >= 11 is 0. The topological polar surface area (TPSA) is 160 Å². The zero-order chi connectivity index (χ0) is 19.0. The van der Waals surface area contributed by atoms with Gasteiger partial charge in [-0.05, 0) is 16.8 Å². The molecule has 9 heteroatoms. The number of amides is 1. The number of fused-ring (bicyclic) bond motifs is 1. The fourth-order valence-electron chi connectivity index (χ4n) is 2.88. The molecule has 0 saturated carbocycles. The lowest BCUT2D eigenvalue weighted by Crippen LogP contribution is -2.61. The summed E-state index contributed by atoms with van der Waals surface area (Å²) in [5.41, 5.74) is 5.46. The van der Waals surface area contributed by atoms with Gasteiger partial charge in [-0.15, -0.1) is 0 Å². The molecule has 26 heavy (non-hydrogen) atoms. The molecule has 5 atom stereocenters. The van der Waals surface area contributed by atoms with Gasteiger partial charge in [0.2, 0.25) is 6.29 Å². The lowest BCUT2D eigenvalue weighted by molar-refractivity contribution is -0.271. The Hall–Kier alpha value is -2.72. The molecule has 1 unspecified atom stereocenters. The Kier molecular flexibility index (Phi) is 4.79. The fraction of sp³-hybridized carbons (Fsp3) is 0.294. The van der Waals surface area contributed by atoms with Crippen molar-refractivity contribution in [3.8, 4) is 5.75 Å². The molecule has 1 heterocycles. The zero-order valence-corrected chi connectivity index (χ0v) is 13.4. The molecule has 2 aromatic rings. The van der Waals surface area contributed by atoms with Crippen molar-refractivity contribution in [1.29, 1.82) is 0 Å². The van der Waals surface area contributed by atoms with Gasteiger partial charge in [0, 0.05) is 0 Å². The second kappa shape index (κ2) is 6.89. The number of primary amides is 1. The number of ether oxygens (including phenoxy) is 2. The molecular weight excluding hydrogens is 346 g/mol. The maximum atomic E-state index is 11.9. The first kappa shape index (κ1) is 18.1. The zero-order valence-electron chi connectivity index (χ0n) is 13.4. The van der Waals surface area contributed by atoms with Crippen LogP contribution in [0.1, 0.15) is 10.4 Å². The quantitative estimate of drug-likeness (QED) is 0.472. The van der Waals surface area contributed by atoms with Crippen molar-refractivity contribution >= 4 is 22.6 Å². The number of hydrogen-bond acceptors (Lipinski definition) is 7. The van der Waals surface area contributed by atoms with Crippen LogP contribution in [0.5, 0.6) is 5.75 Å². The predicted molar refractivity (Wildman–Crippen MR) is 87.4 cm³/mol. The molecule has 0 spiro atoms. The number of nitrogens with two attached hydrogens (primary N) is 1. The molecule has 1 fully saturated rings. The predicted octanol–water partition coefficient (Wildman–Crippen LogP) is -0.790. The van der Waals surface area contributed by atoms with Crippen molar-refractivity contribution in [3.05, 3.63) is 42.0 Å². The largest absolute Gasteiger partial charge is 0.479 e. The number of hydrogen-bond donors (Lipinski definition) is 5. The number of carbonyl (C=O) groups is 2. The van der Waals surface area contributed by atoms with E-state index >= 15 is 0 Å². The molecule has 0 aromatic heterocycles. The summed E-state index contributed by atoms with van der Waals surface area (Å²) < 4.78 is 10.5. The van der Waals surface area contributed by atoms with E-state index < -0.39 is 42.6 Å². The van der Waals surface area contributed by atoms with E-state index in [1.54, 1.807) is 30.3 Å². The minimum Gasteiger partial charge on any atom is -0.479 e. The molecular formula is C17H17NO8. The maximum Gasteiger partial charge on any atom is 0.335 e. The van der Waals surface area contributed by atoms with Crippen molar-refractivity contribution in [2.45, 2.75) is 30.7 Å². The SMILES string of the molecule is NC(=O)c1c(OC2O[C@H](C(=O)O)[C@@H](O)[C@H](O)[C@H]2O)ccc2ccccc12. The Morgan fingerprint density at radius 3 is 2.35 bits per heavy atom. The second-order valence-corrected chi connectivity index (χ2v) is 5.88. The van der Waals surface area contributed by atoms with Crippen molar-refractivity contribution in [2.24, 2.45) is 5.73 Å². The van der Waals surface area contributed by atoms with Crippen molar-refractivity contribution in [1.82, 2.24) is 0 Å². The minimum absolute atomic E-state index is 0.0198. The summed E-state index contributed by atoms with van der Waals surface area (Å²) in [6, 6.07) is 9.96. The summed E-state index contributed by atoms with van der Waals surface area (Å²) in [7, 11) is 0. The van der Waals surface area contributed by atoms with E-state index in [0.717, 1.165) is 5.39 Å². The van der Waals surface area contributed by atoms with E-state index in [1.807, 2.05) is 0 Å². The van der Waals surface area contributed by atoms with E-state index in [2.05, 4.69) is 0 Å². The molecule has 2 aromatic carbocycles. The molecule has 0 aliphatic carbocycles. The molecule has 0 radical (unpaired) electrons. The Bertz CT molecular complexity index is 854. The number of aliphatic carboxylic acids is 1.